The third-order valence-electron chi connectivity index (χ3n) is 4.32. The van der Waals surface area contributed by atoms with Crippen LogP contribution in [0.5, 0.6) is 0 Å². The third kappa shape index (κ3) is 3.56. The summed E-state index contributed by atoms with van der Waals surface area (Å²) in [4.78, 5) is 10.9. The van der Waals surface area contributed by atoms with Gasteiger partial charge in [0.25, 0.3) is 0 Å². The Balaban J connectivity index is 1.66. The number of nitrogens with one attached hydrogen (secondary N) is 1. The number of aliphatic imine (C=N–C) groups is 1. The highest BCUT2D eigenvalue weighted by molar-refractivity contribution is 5.80. The van der Waals surface area contributed by atoms with Gasteiger partial charge in [0.1, 0.15) is 18.3 Å². The summed E-state index contributed by atoms with van der Waals surface area (Å²) in [6.45, 7) is 5.00. The Hall–Kier alpha value is -2.41. The van der Waals surface area contributed by atoms with Gasteiger partial charge in [-0.25, -0.2) is 4.98 Å². The van der Waals surface area contributed by atoms with Crippen LogP contribution < -0.4 is 5.32 Å². The quantitative estimate of drug-likeness (QED) is 0.679. The van der Waals surface area contributed by atoms with Crippen molar-refractivity contribution in [3.05, 3.63) is 47.5 Å². The lowest BCUT2D eigenvalue weighted by molar-refractivity contribution is -0.00835. The zero-order valence-electron chi connectivity index (χ0n) is 14.4. The molecular formula is C17H24N6O. The van der Waals surface area contributed by atoms with E-state index in [1.807, 2.05) is 7.05 Å². The van der Waals surface area contributed by atoms with Crippen molar-refractivity contribution in [1.82, 2.24) is 25.0 Å². The number of nitrogens with zero attached hydrogens (tertiary/aromatic N) is 5. The van der Waals surface area contributed by atoms with Gasteiger partial charge in [-0.1, -0.05) is 24.3 Å². The number of morpholine rings is 1. The van der Waals surface area contributed by atoms with E-state index in [2.05, 4.69) is 56.5 Å². The van der Waals surface area contributed by atoms with Crippen LogP contribution in [0.15, 0.2) is 35.6 Å². The molecule has 1 aromatic heterocycles. The standard InChI is InChI=1S/C17H24N6O/c1-13-6-4-5-7-14(13)15-11-23(8-9-24-15)17(18-2)19-10-16-20-12-21-22(16)3/h4-7,12,15H,8-11H2,1-3H3,(H,18,19). The van der Waals surface area contributed by atoms with E-state index in [1.165, 1.54) is 11.1 Å². The fourth-order valence-electron chi connectivity index (χ4n) is 2.95. The fraction of sp³-hybridized carbons (Fsp3) is 0.471. The van der Waals surface area contributed by atoms with Gasteiger partial charge in [0, 0.05) is 20.6 Å². The minimum Gasteiger partial charge on any atom is -0.370 e. The number of rotatable bonds is 3. The summed E-state index contributed by atoms with van der Waals surface area (Å²) in [6, 6.07) is 8.38. The third-order valence-corrected chi connectivity index (χ3v) is 4.32. The van der Waals surface area contributed by atoms with Crippen LogP contribution in [-0.4, -0.2) is 52.4 Å². The summed E-state index contributed by atoms with van der Waals surface area (Å²) in [5, 5.41) is 7.45. The van der Waals surface area contributed by atoms with Crippen LogP contribution in [0, 0.1) is 6.92 Å². The normalized spacial score (nSPS) is 18.7. The largest absolute Gasteiger partial charge is 0.370 e. The zero-order valence-corrected chi connectivity index (χ0v) is 14.4. The molecule has 0 aliphatic carbocycles. The van der Waals surface area contributed by atoms with Crippen LogP contribution in [0.4, 0.5) is 0 Å². The van der Waals surface area contributed by atoms with Gasteiger partial charge in [-0.05, 0) is 18.1 Å². The average molecular weight is 328 g/mol. The summed E-state index contributed by atoms with van der Waals surface area (Å²) in [6.07, 6.45) is 1.62. The maximum absolute atomic E-state index is 5.99. The van der Waals surface area contributed by atoms with Gasteiger partial charge in [0.15, 0.2) is 5.96 Å². The highest BCUT2D eigenvalue weighted by Gasteiger charge is 2.25. The monoisotopic (exact) mass is 328 g/mol. The van der Waals surface area contributed by atoms with E-state index in [1.54, 1.807) is 18.1 Å². The Labute approximate surface area is 142 Å². The summed E-state index contributed by atoms with van der Waals surface area (Å²) in [7, 11) is 3.69. The van der Waals surface area contributed by atoms with Crippen molar-refractivity contribution < 1.29 is 4.74 Å². The second-order valence-corrected chi connectivity index (χ2v) is 5.86. The molecule has 0 spiro atoms. The molecule has 1 aromatic carbocycles. The Morgan fingerprint density at radius 2 is 2.25 bits per heavy atom. The van der Waals surface area contributed by atoms with Gasteiger partial charge in [0.2, 0.25) is 0 Å². The fourth-order valence-corrected chi connectivity index (χ4v) is 2.95. The van der Waals surface area contributed by atoms with Crippen LogP contribution in [0.25, 0.3) is 0 Å². The second-order valence-electron chi connectivity index (χ2n) is 5.86. The zero-order chi connectivity index (χ0) is 16.9. The van der Waals surface area contributed by atoms with Gasteiger partial charge in [-0.3, -0.25) is 9.67 Å². The number of aryl methyl sites for hydroxylation is 2. The first-order valence-corrected chi connectivity index (χ1v) is 8.14. The van der Waals surface area contributed by atoms with Crippen LogP contribution in [-0.2, 0) is 18.3 Å². The summed E-state index contributed by atoms with van der Waals surface area (Å²) < 4.78 is 7.75. The van der Waals surface area contributed by atoms with E-state index in [9.17, 15) is 0 Å². The first kappa shape index (κ1) is 16.4. The number of benzene rings is 1. The van der Waals surface area contributed by atoms with Gasteiger partial charge in [-0.2, -0.15) is 5.10 Å². The van der Waals surface area contributed by atoms with E-state index in [0.717, 1.165) is 24.9 Å². The first-order chi connectivity index (χ1) is 11.7. The lowest BCUT2D eigenvalue weighted by Crippen LogP contribution is -2.48. The molecule has 2 aromatic rings. The van der Waals surface area contributed by atoms with E-state index in [-0.39, 0.29) is 6.10 Å². The van der Waals surface area contributed by atoms with E-state index < -0.39 is 0 Å². The molecule has 2 heterocycles. The van der Waals surface area contributed by atoms with Crippen molar-refractivity contribution in [2.45, 2.75) is 19.6 Å². The molecule has 1 N–H and O–H groups in total. The first-order valence-electron chi connectivity index (χ1n) is 8.14. The average Bonchev–Trinajstić information content (AvgIpc) is 3.01. The molecule has 0 radical (unpaired) electrons. The van der Waals surface area contributed by atoms with Crippen LogP contribution >= 0.6 is 0 Å². The lowest BCUT2D eigenvalue weighted by Gasteiger charge is -2.35. The van der Waals surface area contributed by atoms with Crippen molar-refractivity contribution in [3.63, 3.8) is 0 Å². The molecule has 1 fully saturated rings. The minimum absolute atomic E-state index is 0.0633. The van der Waals surface area contributed by atoms with Crippen molar-refractivity contribution in [2.24, 2.45) is 12.0 Å². The van der Waals surface area contributed by atoms with Crippen LogP contribution in [0.2, 0.25) is 0 Å². The maximum Gasteiger partial charge on any atom is 0.194 e. The minimum atomic E-state index is 0.0633. The van der Waals surface area contributed by atoms with Crippen LogP contribution in [0.1, 0.15) is 23.1 Å². The van der Waals surface area contributed by atoms with Gasteiger partial charge in [-0.15, -0.1) is 0 Å². The molecule has 7 nitrogen and oxygen atoms in total. The number of aromatic nitrogens is 3. The molecule has 3 rings (SSSR count). The van der Waals surface area contributed by atoms with Gasteiger partial charge in [0.05, 0.1) is 19.7 Å². The molecule has 0 amide bonds. The van der Waals surface area contributed by atoms with Gasteiger partial charge < -0.3 is 15.0 Å². The summed E-state index contributed by atoms with van der Waals surface area (Å²) in [5.74, 6) is 1.74. The van der Waals surface area contributed by atoms with Gasteiger partial charge >= 0.3 is 0 Å². The molecule has 1 atom stereocenters. The second kappa shape index (κ2) is 7.44. The van der Waals surface area contributed by atoms with Crippen LogP contribution in [0.3, 0.4) is 0 Å². The molecule has 7 heteroatoms. The van der Waals surface area contributed by atoms with E-state index >= 15 is 0 Å². The Morgan fingerprint density at radius 3 is 2.96 bits per heavy atom. The predicted molar refractivity (Wildman–Crippen MR) is 92.6 cm³/mol. The summed E-state index contributed by atoms with van der Waals surface area (Å²) >= 11 is 0. The number of hydrogen-bond donors (Lipinski definition) is 1. The molecular weight excluding hydrogens is 304 g/mol. The molecule has 1 unspecified atom stereocenters. The molecule has 24 heavy (non-hydrogen) atoms. The maximum atomic E-state index is 5.99. The Kier molecular flexibility index (Phi) is 5.10. The molecule has 128 valence electrons. The topological polar surface area (TPSA) is 67.6 Å². The highest BCUT2D eigenvalue weighted by atomic mass is 16.5. The molecule has 0 saturated carbocycles. The molecule has 1 aliphatic rings. The van der Waals surface area contributed by atoms with E-state index in [0.29, 0.717) is 13.2 Å². The molecule has 1 saturated heterocycles. The summed E-state index contributed by atoms with van der Waals surface area (Å²) in [5.41, 5.74) is 2.50. The Morgan fingerprint density at radius 1 is 1.42 bits per heavy atom. The molecule has 0 bridgehead atoms. The SMILES string of the molecule is CN=C(NCc1ncnn1C)N1CCOC(c2ccccc2C)C1. The smallest absolute Gasteiger partial charge is 0.194 e. The Bertz CT molecular complexity index is 711. The predicted octanol–water partition coefficient (Wildman–Crippen LogP) is 1.27. The number of ether oxygens (including phenoxy) is 1. The van der Waals surface area contributed by atoms with Crippen molar-refractivity contribution >= 4 is 5.96 Å². The number of guanidine groups is 1. The number of hydrogen-bond acceptors (Lipinski definition) is 4. The van der Waals surface area contributed by atoms with E-state index in [4.69, 9.17) is 4.74 Å². The van der Waals surface area contributed by atoms with Crippen molar-refractivity contribution in [3.8, 4) is 0 Å². The lowest BCUT2D eigenvalue weighted by atomic mass is 10.0. The van der Waals surface area contributed by atoms with Crippen molar-refractivity contribution in [1.29, 1.82) is 0 Å². The molecule has 1 aliphatic heterocycles. The highest BCUT2D eigenvalue weighted by Crippen LogP contribution is 2.24. The van der Waals surface area contributed by atoms with Crippen molar-refractivity contribution in [2.75, 3.05) is 26.7 Å².